The normalized spacial score (nSPS) is 16.0. The molecule has 2 aliphatic carbocycles. The molecule has 0 unspecified atom stereocenters. The summed E-state index contributed by atoms with van der Waals surface area (Å²) in [6, 6.07) is 0. The summed E-state index contributed by atoms with van der Waals surface area (Å²) in [4.78, 5) is 0. The third kappa shape index (κ3) is 11.0. The first-order valence-electron chi connectivity index (χ1n) is 9.23. The number of ether oxygens (including phenoxy) is 2. The van der Waals surface area contributed by atoms with E-state index in [1.165, 1.54) is 0 Å². The molecular formula is C20H32Cl2O4Si2Zr. The molecule has 0 saturated carbocycles. The molecule has 0 aromatic carbocycles. The zero-order chi connectivity index (χ0) is 19.4. The minimum absolute atomic E-state index is 0. The average molecular weight is 555 g/mol. The fourth-order valence-electron chi connectivity index (χ4n) is 2.59. The standard InChI is InChI=1S/C20H32O4Si2.2ClH.Zr/c1-16(17-10-8-12-19(17)21-14-23-25(2,3)4)18-11-9-13-20(18)22-15-24-26(5,6)7;;;/h12-13,16H,8-9,14-15H2,1-7H3;2*1H;/q-2;;;+4/p-2. The van der Waals surface area contributed by atoms with Crippen molar-refractivity contribution in [3.63, 3.8) is 0 Å². The molecule has 0 saturated heterocycles. The van der Waals surface area contributed by atoms with Gasteiger partial charge in [-0.15, -0.1) is 25.0 Å². The molecule has 0 amide bonds. The summed E-state index contributed by atoms with van der Waals surface area (Å²) >= 11 is 0. The summed E-state index contributed by atoms with van der Waals surface area (Å²) in [6.45, 7) is 15.7. The molecule has 2 aliphatic rings. The molecule has 0 aromatic rings. The average Bonchev–Trinajstić information content (AvgIpc) is 3.13. The Morgan fingerprint density at radius 2 is 1.14 bits per heavy atom. The molecule has 29 heavy (non-hydrogen) atoms. The number of halogens is 2. The molecule has 162 valence electrons. The van der Waals surface area contributed by atoms with Gasteiger partial charge in [-0.1, -0.05) is 12.8 Å². The maximum absolute atomic E-state index is 5.89. The van der Waals surface area contributed by atoms with Crippen LogP contribution in [0.1, 0.15) is 19.8 Å². The Balaban J connectivity index is 0. The van der Waals surface area contributed by atoms with Gasteiger partial charge in [0.15, 0.2) is 30.2 Å². The van der Waals surface area contributed by atoms with Gasteiger partial charge in [-0.05, 0) is 50.8 Å². The van der Waals surface area contributed by atoms with Gasteiger partial charge in [0.1, 0.15) is 0 Å². The van der Waals surface area contributed by atoms with Crippen LogP contribution in [0.15, 0.2) is 34.8 Å². The smallest absolute Gasteiger partial charge is 1.00 e. The Morgan fingerprint density at radius 1 is 0.793 bits per heavy atom. The molecule has 0 aromatic heterocycles. The van der Waals surface area contributed by atoms with E-state index in [0.717, 1.165) is 35.5 Å². The van der Waals surface area contributed by atoms with Gasteiger partial charge < -0.3 is 43.1 Å². The van der Waals surface area contributed by atoms with E-state index in [-0.39, 0.29) is 56.9 Å². The monoisotopic (exact) mass is 552 g/mol. The van der Waals surface area contributed by atoms with Gasteiger partial charge in [0.2, 0.25) is 0 Å². The van der Waals surface area contributed by atoms with E-state index >= 15 is 0 Å². The molecule has 2 rings (SSSR count). The Bertz CT molecular complexity index is 581. The van der Waals surface area contributed by atoms with Crippen LogP contribution in [0.4, 0.5) is 0 Å². The summed E-state index contributed by atoms with van der Waals surface area (Å²) in [7, 11) is -3.17. The maximum Gasteiger partial charge on any atom is 4.00 e. The van der Waals surface area contributed by atoms with E-state index in [4.69, 9.17) is 18.3 Å². The summed E-state index contributed by atoms with van der Waals surface area (Å²) in [5.74, 6) is 1.86. The first-order chi connectivity index (χ1) is 12.1. The Morgan fingerprint density at radius 3 is 1.45 bits per heavy atom. The topological polar surface area (TPSA) is 36.9 Å². The van der Waals surface area contributed by atoms with Crippen LogP contribution >= 0.6 is 0 Å². The van der Waals surface area contributed by atoms with Gasteiger partial charge in [-0.25, -0.2) is 0 Å². The number of allylic oxidation sites excluding steroid dienone is 6. The number of hydrogen-bond donors (Lipinski definition) is 0. The van der Waals surface area contributed by atoms with Gasteiger partial charge in [-0.2, -0.15) is 11.1 Å². The maximum atomic E-state index is 5.89. The van der Waals surface area contributed by atoms with Gasteiger partial charge in [0.05, 0.1) is 0 Å². The number of rotatable bonds is 10. The van der Waals surface area contributed by atoms with Crippen LogP contribution in [-0.4, -0.2) is 30.2 Å². The molecule has 0 spiro atoms. The molecule has 0 aliphatic heterocycles. The summed E-state index contributed by atoms with van der Waals surface area (Å²) in [6.07, 6.45) is 12.5. The van der Waals surface area contributed by atoms with Crippen molar-refractivity contribution >= 4 is 16.6 Å². The van der Waals surface area contributed by atoms with Crippen molar-refractivity contribution in [3.8, 4) is 0 Å². The molecule has 9 heteroatoms. The predicted octanol–water partition coefficient (Wildman–Crippen LogP) is -0.686. The Hall–Kier alpha value is 0.377. The fourth-order valence-corrected chi connectivity index (χ4v) is 3.42. The Labute approximate surface area is 210 Å². The van der Waals surface area contributed by atoms with Gasteiger partial charge >= 0.3 is 26.2 Å². The Kier molecular flexibility index (Phi) is 14.9. The van der Waals surface area contributed by atoms with Crippen LogP contribution in [0.2, 0.25) is 39.3 Å². The second-order valence-corrected chi connectivity index (χ2v) is 17.5. The van der Waals surface area contributed by atoms with Crippen LogP contribution < -0.4 is 24.8 Å². The third-order valence-electron chi connectivity index (χ3n) is 3.97. The molecular weight excluding hydrogens is 523 g/mol. The SMILES string of the molecule is CC(C1=[C-]CC=C1OCO[Si](C)(C)C)C1=[C-]CC=C1OCO[Si](C)(C)C.[Cl-].[Cl-].[Zr+4]. The van der Waals surface area contributed by atoms with Crippen LogP contribution in [0, 0.1) is 18.1 Å². The van der Waals surface area contributed by atoms with Crippen LogP contribution in [-0.2, 0) is 44.5 Å². The zero-order valence-electron chi connectivity index (χ0n) is 18.4. The first-order valence-corrected chi connectivity index (χ1v) is 16.0. The minimum Gasteiger partial charge on any atom is -1.00 e. The second kappa shape index (κ2) is 13.7. The van der Waals surface area contributed by atoms with E-state index in [9.17, 15) is 0 Å². The van der Waals surface area contributed by atoms with E-state index in [0.29, 0.717) is 13.6 Å². The van der Waals surface area contributed by atoms with Crippen molar-refractivity contribution < 1.29 is 69.3 Å². The van der Waals surface area contributed by atoms with E-state index in [1.807, 2.05) is 0 Å². The van der Waals surface area contributed by atoms with Gasteiger partial charge in [-0.3, -0.25) is 12.2 Å². The first kappa shape index (κ1) is 31.6. The summed E-state index contributed by atoms with van der Waals surface area (Å²) < 4.78 is 23.4. The third-order valence-corrected chi connectivity index (χ3v) is 5.94. The van der Waals surface area contributed by atoms with E-state index in [2.05, 4.69) is 70.5 Å². The van der Waals surface area contributed by atoms with Crippen LogP contribution in [0.5, 0.6) is 0 Å². The van der Waals surface area contributed by atoms with E-state index < -0.39 is 16.6 Å². The molecule has 0 bridgehead atoms. The quantitative estimate of drug-likeness (QED) is 0.204. The summed E-state index contributed by atoms with van der Waals surface area (Å²) in [5, 5.41) is 0. The second-order valence-electron chi connectivity index (χ2n) is 8.49. The van der Waals surface area contributed by atoms with E-state index in [1.54, 1.807) is 0 Å². The largest absolute Gasteiger partial charge is 4.00 e. The molecule has 0 N–H and O–H groups in total. The number of hydrogen-bond acceptors (Lipinski definition) is 4. The molecule has 4 nitrogen and oxygen atoms in total. The molecule has 0 fully saturated rings. The van der Waals surface area contributed by atoms with Crippen molar-refractivity contribution in [2.45, 2.75) is 59.0 Å². The zero-order valence-corrected chi connectivity index (χ0v) is 24.4. The predicted molar refractivity (Wildman–Crippen MR) is 109 cm³/mol. The van der Waals surface area contributed by atoms with Crippen molar-refractivity contribution in [3.05, 3.63) is 47.0 Å². The van der Waals surface area contributed by atoms with Crippen molar-refractivity contribution in [2.24, 2.45) is 5.92 Å². The van der Waals surface area contributed by atoms with Crippen LogP contribution in [0.3, 0.4) is 0 Å². The minimum atomic E-state index is -1.58. The molecule has 0 heterocycles. The molecule has 0 radical (unpaired) electrons. The molecule has 0 atom stereocenters. The van der Waals surface area contributed by atoms with Crippen molar-refractivity contribution in [1.82, 2.24) is 0 Å². The van der Waals surface area contributed by atoms with Gasteiger partial charge in [0, 0.05) is 0 Å². The fraction of sp³-hybridized carbons (Fsp3) is 0.600. The summed E-state index contributed by atoms with van der Waals surface area (Å²) in [5.41, 5.74) is 2.13. The van der Waals surface area contributed by atoms with Crippen LogP contribution in [0.25, 0.3) is 0 Å². The van der Waals surface area contributed by atoms with Crippen molar-refractivity contribution in [1.29, 1.82) is 0 Å². The van der Waals surface area contributed by atoms with Gasteiger partial charge in [0.25, 0.3) is 0 Å². The van der Waals surface area contributed by atoms with Crippen molar-refractivity contribution in [2.75, 3.05) is 13.6 Å².